The molecule has 2 rings (SSSR count). The molecule has 1 nitrogen and oxygen atoms in total. The molecule has 0 fully saturated rings. The molecule has 0 aliphatic heterocycles. The molecule has 74 valence electrons. The van der Waals surface area contributed by atoms with E-state index in [2.05, 4.69) is 50.6 Å². The smallest absolute Gasteiger partial charge is 0.0290 e. The maximum Gasteiger partial charge on any atom is 0.0290 e. The first kappa shape index (κ1) is 9.32. The largest absolute Gasteiger partial charge is 0.351 e. The second kappa shape index (κ2) is 3.16. The van der Waals surface area contributed by atoms with Crippen molar-refractivity contribution in [3.05, 3.63) is 40.2 Å². The predicted octanol–water partition coefficient (Wildman–Crippen LogP) is 3.16. The normalized spacial score (nSPS) is 15.0. The van der Waals surface area contributed by atoms with Crippen LogP contribution in [-0.2, 0) is 13.5 Å². The molecule has 1 aromatic rings. The Morgan fingerprint density at radius 3 is 2.64 bits per heavy atom. The lowest BCUT2D eigenvalue weighted by Gasteiger charge is -2.05. The molecule has 14 heavy (non-hydrogen) atoms. The molecular formula is C13H17N. The maximum atomic E-state index is 2.32. The zero-order valence-electron chi connectivity index (χ0n) is 9.39. The third-order valence-electron chi connectivity index (χ3n) is 3.26. The van der Waals surface area contributed by atoms with Gasteiger partial charge in [-0.1, -0.05) is 23.8 Å². The fraction of sp³-hybridized carbons (Fsp3) is 0.385. The van der Waals surface area contributed by atoms with Crippen LogP contribution in [0.15, 0.2) is 17.7 Å². The number of nitrogens with zero attached hydrogens (tertiary/aromatic N) is 1. The van der Waals surface area contributed by atoms with Crippen LogP contribution in [0.1, 0.15) is 29.4 Å². The third kappa shape index (κ3) is 1.24. The molecule has 1 aromatic heterocycles. The minimum atomic E-state index is 1.08. The Balaban J connectivity index is 2.65. The van der Waals surface area contributed by atoms with E-state index >= 15 is 0 Å². The molecule has 1 aliphatic carbocycles. The molecule has 0 aromatic carbocycles. The van der Waals surface area contributed by atoms with Crippen LogP contribution in [0.2, 0.25) is 0 Å². The summed E-state index contributed by atoms with van der Waals surface area (Å²) in [7, 11) is 2.16. The first-order chi connectivity index (χ1) is 6.61. The molecule has 0 saturated heterocycles. The Kier molecular flexibility index (Phi) is 2.10. The van der Waals surface area contributed by atoms with Gasteiger partial charge >= 0.3 is 0 Å². The van der Waals surface area contributed by atoms with E-state index in [0.29, 0.717) is 0 Å². The number of allylic oxidation sites excluding steroid dienone is 3. The summed E-state index contributed by atoms with van der Waals surface area (Å²) in [5, 5.41) is 0. The standard InChI is InChI=1S/C13H17N/c1-9-6-5-7-12-10(2)11(3)14(4)13(12)8-9/h5-7H,8H2,1-4H3. The molecule has 0 radical (unpaired) electrons. The van der Waals surface area contributed by atoms with E-state index in [9.17, 15) is 0 Å². The fourth-order valence-corrected chi connectivity index (χ4v) is 2.11. The van der Waals surface area contributed by atoms with E-state index in [0.717, 1.165) is 6.42 Å². The summed E-state index contributed by atoms with van der Waals surface area (Å²) in [6, 6.07) is 0. The van der Waals surface area contributed by atoms with Crippen LogP contribution in [0.5, 0.6) is 0 Å². The molecule has 0 unspecified atom stereocenters. The highest BCUT2D eigenvalue weighted by Gasteiger charge is 2.14. The summed E-state index contributed by atoms with van der Waals surface area (Å²) in [6.07, 6.45) is 7.67. The molecular weight excluding hydrogens is 170 g/mol. The Morgan fingerprint density at radius 1 is 1.21 bits per heavy atom. The summed E-state index contributed by atoms with van der Waals surface area (Å²) < 4.78 is 2.32. The van der Waals surface area contributed by atoms with Crippen LogP contribution in [0.3, 0.4) is 0 Å². The van der Waals surface area contributed by atoms with Gasteiger partial charge in [0.25, 0.3) is 0 Å². The van der Waals surface area contributed by atoms with Crippen molar-refractivity contribution in [2.24, 2.45) is 7.05 Å². The van der Waals surface area contributed by atoms with Crippen molar-refractivity contribution in [3.63, 3.8) is 0 Å². The van der Waals surface area contributed by atoms with Crippen molar-refractivity contribution < 1.29 is 0 Å². The van der Waals surface area contributed by atoms with Gasteiger partial charge in [-0.2, -0.15) is 0 Å². The number of rotatable bonds is 0. The summed E-state index contributed by atoms with van der Waals surface area (Å²) in [5.41, 5.74) is 7.09. The van der Waals surface area contributed by atoms with Crippen molar-refractivity contribution in [3.8, 4) is 0 Å². The molecule has 1 heterocycles. The van der Waals surface area contributed by atoms with E-state index < -0.39 is 0 Å². The van der Waals surface area contributed by atoms with Crippen LogP contribution < -0.4 is 0 Å². The van der Waals surface area contributed by atoms with Gasteiger partial charge in [-0.3, -0.25) is 0 Å². The van der Waals surface area contributed by atoms with E-state index in [1.165, 1.54) is 28.1 Å². The zero-order valence-corrected chi connectivity index (χ0v) is 9.39. The highest BCUT2D eigenvalue weighted by atomic mass is 15.0. The van der Waals surface area contributed by atoms with Crippen molar-refractivity contribution >= 4 is 6.08 Å². The number of aromatic nitrogens is 1. The zero-order chi connectivity index (χ0) is 10.3. The number of hydrogen-bond donors (Lipinski definition) is 0. The lowest BCUT2D eigenvalue weighted by Crippen LogP contribution is -1.99. The van der Waals surface area contributed by atoms with Gasteiger partial charge < -0.3 is 4.57 Å². The van der Waals surface area contributed by atoms with Gasteiger partial charge in [0.05, 0.1) is 0 Å². The molecule has 0 bridgehead atoms. The van der Waals surface area contributed by atoms with Gasteiger partial charge in [0.15, 0.2) is 0 Å². The molecule has 0 amide bonds. The van der Waals surface area contributed by atoms with Gasteiger partial charge in [0.2, 0.25) is 0 Å². The van der Waals surface area contributed by atoms with Gasteiger partial charge in [-0.25, -0.2) is 0 Å². The van der Waals surface area contributed by atoms with Crippen molar-refractivity contribution in [1.29, 1.82) is 0 Å². The van der Waals surface area contributed by atoms with Crippen LogP contribution in [0.25, 0.3) is 6.08 Å². The van der Waals surface area contributed by atoms with Crippen LogP contribution in [0, 0.1) is 13.8 Å². The summed E-state index contributed by atoms with van der Waals surface area (Å²) >= 11 is 0. The van der Waals surface area contributed by atoms with E-state index in [1.807, 2.05) is 0 Å². The second-order valence-electron chi connectivity index (χ2n) is 4.18. The first-order valence-electron chi connectivity index (χ1n) is 5.10. The highest BCUT2D eigenvalue weighted by molar-refractivity contribution is 5.62. The summed E-state index contributed by atoms with van der Waals surface area (Å²) in [6.45, 7) is 6.59. The second-order valence-corrected chi connectivity index (χ2v) is 4.18. The van der Waals surface area contributed by atoms with E-state index in [-0.39, 0.29) is 0 Å². The molecule has 1 heteroatoms. The van der Waals surface area contributed by atoms with E-state index in [4.69, 9.17) is 0 Å². The average Bonchev–Trinajstić information content (AvgIpc) is 2.34. The van der Waals surface area contributed by atoms with Crippen LogP contribution in [0.4, 0.5) is 0 Å². The van der Waals surface area contributed by atoms with Gasteiger partial charge in [0, 0.05) is 24.9 Å². The van der Waals surface area contributed by atoms with Crippen LogP contribution in [-0.4, -0.2) is 4.57 Å². The van der Waals surface area contributed by atoms with E-state index in [1.54, 1.807) is 0 Å². The van der Waals surface area contributed by atoms with Crippen molar-refractivity contribution in [1.82, 2.24) is 4.57 Å². The number of fused-ring (bicyclic) bond motifs is 1. The minimum absolute atomic E-state index is 1.08. The average molecular weight is 187 g/mol. The molecule has 0 spiro atoms. The number of hydrogen-bond acceptors (Lipinski definition) is 0. The maximum absolute atomic E-state index is 2.32. The third-order valence-corrected chi connectivity index (χ3v) is 3.26. The summed E-state index contributed by atoms with van der Waals surface area (Å²) in [4.78, 5) is 0. The monoisotopic (exact) mass is 187 g/mol. The Labute approximate surface area is 85.7 Å². The molecule has 1 aliphatic rings. The molecule has 0 N–H and O–H groups in total. The Bertz CT molecular complexity index is 431. The lowest BCUT2D eigenvalue weighted by atomic mass is 10.1. The van der Waals surface area contributed by atoms with Gasteiger partial charge in [-0.15, -0.1) is 0 Å². The van der Waals surface area contributed by atoms with Crippen molar-refractivity contribution in [2.75, 3.05) is 0 Å². The van der Waals surface area contributed by atoms with Crippen molar-refractivity contribution in [2.45, 2.75) is 27.2 Å². The molecule has 0 saturated carbocycles. The topological polar surface area (TPSA) is 4.93 Å². The Hall–Kier alpha value is -1.24. The predicted molar refractivity (Wildman–Crippen MR) is 61.4 cm³/mol. The molecule has 0 atom stereocenters. The van der Waals surface area contributed by atoms with Gasteiger partial charge in [0.1, 0.15) is 0 Å². The highest BCUT2D eigenvalue weighted by Crippen LogP contribution is 2.26. The van der Waals surface area contributed by atoms with Crippen LogP contribution >= 0.6 is 0 Å². The quantitative estimate of drug-likeness (QED) is 0.588. The Morgan fingerprint density at radius 2 is 1.93 bits per heavy atom. The minimum Gasteiger partial charge on any atom is -0.351 e. The SMILES string of the molecule is CC1=CC=Cc2c(C)c(C)n(C)c2C1. The van der Waals surface area contributed by atoms with Gasteiger partial charge in [-0.05, 0) is 31.9 Å². The first-order valence-corrected chi connectivity index (χ1v) is 5.10. The lowest BCUT2D eigenvalue weighted by molar-refractivity contribution is 0.811. The summed E-state index contributed by atoms with van der Waals surface area (Å²) in [5.74, 6) is 0. The fourth-order valence-electron chi connectivity index (χ4n) is 2.11.